The van der Waals surface area contributed by atoms with Crippen molar-refractivity contribution < 1.29 is 28.3 Å². The zero-order valence-corrected chi connectivity index (χ0v) is 26.0. The van der Waals surface area contributed by atoms with Crippen molar-refractivity contribution in [1.29, 1.82) is 0 Å². The summed E-state index contributed by atoms with van der Waals surface area (Å²) in [4.78, 5) is 31.8. The van der Waals surface area contributed by atoms with Crippen molar-refractivity contribution in [2.45, 2.75) is 94.4 Å². The van der Waals surface area contributed by atoms with E-state index in [9.17, 15) is 9.59 Å². The molecule has 4 heterocycles. The molecule has 4 aliphatic rings. The first-order valence-corrected chi connectivity index (χ1v) is 16.3. The Morgan fingerprint density at radius 2 is 1.40 bits per heavy atom. The third-order valence-corrected chi connectivity index (χ3v) is 10.7. The smallest absolute Gasteiger partial charge is 0.412 e. The Kier molecular flexibility index (Phi) is 8.81. The van der Waals surface area contributed by atoms with Gasteiger partial charge < -0.3 is 28.5 Å². The Bertz CT molecular complexity index is 1190. The Labute approximate surface area is 256 Å². The number of quaternary nitrogens is 1. The molecule has 43 heavy (non-hydrogen) atoms. The second-order valence-electron chi connectivity index (χ2n) is 13.3. The average molecular weight is 591 g/mol. The van der Waals surface area contributed by atoms with Crippen LogP contribution in [0.25, 0.3) is 0 Å². The van der Waals surface area contributed by atoms with Gasteiger partial charge in [0.15, 0.2) is 0 Å². The summed E-state index contributed by atoms with van der Waals surface area (Å²) in [5, 5.41) is 0. The Morgan fingerprint density at radius 3 is 1.91 bits per heavy atom. The van der Waals surface area contributed by atoms with E-state index in [0.29, 0.717) is 42.3 Å². The number of ether oxygens (including phenoxy) is 3. The molecule has 8 heteroatoms. The fourth-order valence-electron chi connectivity index (χ4n) is 8.53. The van der Waals surface area contributed by atoms with Gasteiger partial charge in [-0.15, -0.1) is 0 Å². The van der Waals surface area contributed by atoms with Gasteiger partial charge in [0.1, 0.15) is 6.10 Å². The number of hydrogen-bond acceptors (Lipinski definition) is 6. The van der Waals surface area contributed by atoms with Crippen LogP contribution in [-0.4, -0.2) is 97.1 Å². The second-order valence-corrected chi connectivity index (χ2v) is 13.3. The third kappa shape index (κ3) is 5.81. The van der Waals surface area contributed by atoms with E-state index in [4.69, 9.17) is 14.2 Å². The molecule has 232 valence electrons. The molecule has 0 saturated carbocycles. The first-order valence-electron chi connectivity index (χ1n) is 16.3. The standard InChI is InChI=1S/C35H48N3O5/c1-26(41-34(40)37-20-18-29(19-21-37)36(2)3)43-35(27-12-6-4-7-13-27,28-14-8-5-9-15-28)33(39)42-32-24-30-16-17-31(25-32)38(30)22-10-11-23-38/h4-9,12-15,26,29-32H,10-11,16-25H2,1-3H3/q+1. The molecule has 4 aliphatic heterocycles. The van der Waals surface area contributed by atoms with E-state index in [1.54, 1.807) is 11.8 Å². The highest BCUT2D eigenvalue weighted by Crippen LogP contribution is 2.47. The average Bonchev–Trinajstić information content (AvgIpc) is 3.57. The molecule has 4 fully saturated rings. The van der Waals surface area contributed by atoms with Crippen LogP contribution >= 0.6 is 0 Å². The maximum Gasteiger partial charge on any atom is 0.412 e. The largest absolute Gasteiger partial charge is 0.459 e. The van der Waals surface area contributed by atoms with Crippen LogP contribution in [0, 0.1) is 0 Å². The molecule has 0 N–H and O–H groups in total. The van der Waals surface area contributed by atoms with E-state index >= 15 is 0 Å². The van der Waals surface area contributed by atoms with E-state index in [1.807, 2.05) is 60.7 Å². The summed E-state index contributed by atoms with van der Waals surface area (Å²) in [5.74, 6) is -0.445. The van der Waals surface area contributed by atoms with Crippen LogP contribution in [-0.2, 0) is 24.6 Å². The van der Waals surface area contributed by atoms with Gasteiger partial charge in [0, 0.05) is 57.7 Å². The number of carbonyl (C=O) groups excluding carboxylic acids is 2. The van der Waals surface area contributed by atoms with E-state index in [2.05, 4.69) is 19.0 Å². The van der Waals surface area contributed by atoms with E-state index in [-0.39, 0.29) is 6.10 Å². The summed E-state index contributed by atoms with van der Waals surface area (Å²) in [7, 11) is 4.15. The summed E-state index contributed by atoms with van der Waals surface area (Å²) in [5.41, 5.74) is -0.276. The van der Waals surface area contributed by atoms with E-state index in [1.165, 1.54) is 43.3 Å². The van der Waals surface area contributed by atoms with Gasteiger partial charge in [-0.2, -0.15) is 0 Å². The Hall–Kier alpha value is -2.94. The van der Waals surface area contributed by atoms with Gasteiger partial charge in [-0.3, -0.25) is 0 Å². The number of rotatable bonds is 8. The fourth-order valence-corrected chi connectivity index (χ4v) is 8.53. The molecule has 1 amide bonds. The molecule has 1 spiro atoms. The summed E-state index contributed by atoms with van der Waals surface area (Å²) in [6.45, 7) is 5.49. The van der Waals surface area contributed by atoms with E-state index < -0.39 is 24.0 Å². The zero-order chi connectivity index (χ0) is 30.0. The summed E-state index contributed by atoms with van der Waals surface area (Å²) >= 11 is 0. The molecule has 4 saturated heterocycles. The SMILES string of the molecule is CC(OC(=O)N1CCC(N(C)C)CC1)OC(C(=O)OC1CC2CCC(C1)[N+]21CCCC1)(c1ccccc1)c1ccccc1. The number of carbonyl (C=O) groups is 2. The summed E-state index contributed by atoms with van der Waals surface area (Å²) in [6.07, 6.45) is 7.07. The highest BCUT2D eigenvalue weighted by Gasteiger charge is 2.57. The van der Waals surface area contributed by atoms with Crippen LogP contribution in [0.15, 0.2) is 60.7 Å². The van der Waals surface area contributed by atoms with Gasteiger partial charge in [0.2, 0.25) is 11.9 Å². The maximum atomic E-state index is 14.6. The number of benzene rings is 2. The lowest BCUT2D eigenvalue weighted by Gasteiger charge is -2.47. The van der Waals surface area contributed by atoms with Crippen molar-refractivity contribution in [1.82, 2.24) is 9.80 Å². The van der Waals surface area contributed by atoms with Crippen LogP contribution in [0.1, 0.15) is 69.4 Å². The number of nitrogens with zero attached hydrogens (tertiary/aromatic N) is 3. The van der Waals surface area contributed by atoms with Crippen LogP contribution < -0.4 is 0 Å². The van der Waals surface area contributed by atoms with Crippen molar-refractivity contribution >= 4 is 12.1 Å². The third-order valence-electron chi connectivity index (χ3n) is 10.7. The minimum Gasteiger partial charge on any atom is -0.459 e. The van der Waals surface area contributed by atoms with Gasteiger partial charge in [0.25, 0.3) is 0 Å². The Balaban J connectivity index is 1.24. The van der Waals surface area contributed by atoms with Gasteiger partial charge >= 0.3 is 12.1 Å². The molecular weight excluding hydrogens is 542 g/mol. The minimum absolute atomic E-state index is 0.152. The van der Waals surface area contributed by atoms with Crippen LogP contribution in [0.4, 0.5) is 4.79 Å². The van der Waals surface area contributed by atoms with Crippen molar-refractivity contribution in [3.05, 3.63) is 71.8 Å². The molecule has 0 radical (unpaired) electrons. The van der Waals surface area contributed by atoms with Crippen LogP contribution in [0.2, 0.25) is 0 Å². The lowest BCUT2D eigenvalue weighted by Crippen LogP contribution is -2.60. The first-order chi connectivity index (χ1) is 20.8. The van der Waals surface area contributed by atoms with Crippen molar-refractivity contribution in [2.24, 2.45) is 0 Å². The number of piperidine rings is 2. The predicted octanol–water partition coefficient (Wildman–Crippen LogP) is 5.30. The van der Waals surface area contributed by atoms with Crippen LogP contribution in [0.3, 0.4) is 0 Å². The number of likely N-dealkylation sites (tertiary alicyclic amines) is 1. The van der Waals surface area contributed by atoms with Gasteiger partial charge in [-0.25, -0.2) is 9.59 Å². The highest BCUT2D eigenvalue weighted by atomic mass is 16.7. The summed E-state index contributed by atoms with van der Waals surface area (Å²) < 4.78 is 20.2. The maximum absolute atomic E-state index is 14.6. The predicted molar refractivity (Wildman–Crippen MR) is 164 cm³/mol. The second kappa shape index (κ2) is 12.6. The van der Waals surface area contributed by atoms with Crippen LogP contribution in [0.5, 0.6) is 0 Å². The quantitative estimate of drug-likeness (QED) is 0.236. The number of amides is 1. The Morgan fingerprint density at radius 1 is 0.860 bits per heavy atom. The van der Waals surface area contributed by atoms with Gasteiger partial charge in [0.05, 0.1) is 25.2 Å². The topological polar surface area (TPSA) is 68.3 Å². The molecule has 2 aromatic rings. The van der Waals surface area contributed by atoms with Crippen molar-refractivity contribution in [2.75, 3.05) is 40.3 Å². The molecule has 2 bridgehead atoms. The number of esters is 1. The van der Waals surface area contributed by atoms with Crippen molar-refractivity contribution in [3.8, 4) is 0 Å². The lowest BCUT2D eigenvalue weighted by atomic mass is 9.85. The molecule has 2 aromatic carbocycles. The summed E-state index contributed by atoms with van der Waals surface area (Å²) in [6, 6.07) is 20.6. The number of hydrogen-bond donors (Lipinski definition) is 0. The van der Waals surface area contributed by atoms with E-state index in [0.717, 1.165) is 25.7 Å². The zero-order valence-electron chi connectivity index (χ0n) is 26.0. The molecule has 0 aliphatic carbocycles. The molecule has 3 unspecified atom stereocenters. The molecular formula is C35H48N3O5+. The fraction of sp³-hybridized carbons (Fsp3) is 0.600. The molecule has 8 nitrogen and oxygen atoms in total. The lowest BCUT2D eigenvalue weighted by molar-refractivity contribution is -0.956. The van der Waals surface area contributed by atoms with Crippen molar-refractivity contribution in [3.63, 3.8) is 0 Å². The van der Waals surface area contributed by atoms with Gasteiger partial charge in [-0.05, 0) is 45.0 Å². The highest BCUT2D eigenvalue weighted by molar-refractivity contribution is 5.86. The van der Waals surface area contributed by atoms with Gasteiger partial charge in [-0.1, -0.05) is 60.7 Å². The minimum atomic E-state index is -1.59. The molecule has 3 atom stereocenters. The normalized spacial score (nSPS) is 26.0. The monoisotopic (exact) mass is 590 g/mol. The molecule has 6 rings (SSSR count). The first kappa shape index (κ1) is 30.1. The molecule has 0 aromatic heterocycles.